The maximum absolute atomic E-state index is 11.1. The van der Waals surface area contributed by atoms with Crippen molar-refractivity contribution in [1.82, 2.24) is 4.90 Å². The predicted molar refractivity (Wildman–Crippen MR) is 43.0 cm³/mol. The number of amides is 2. The summed E-state index contributed by atoms with van der Waals surface area (Å²) in [6.45, 7) is 0.411. The molecule has 1 fully saturated rings. The smallest absolute Gasteiger partial charge is 0.224 e. The van der Waals surface area contributed by atoms with Crippen LogP contribution >= 0.6 is 0 Å². The summed E-state index contributed by atoms with van der Waals surface area (Å²) < 4.78 is 0. The lowest BCUT2D eigenvalue weighted by molar-refractivity contribution is -0.126. The summed E-state index contributed by atoms with van der Waals surface area (Å²) in [5.41, 5.74) is 10.0. The molecule has 1 heterocycles. The van der Waals surface area contributed by atoms with Crippen LogP contribution in [0.15, 0.2) is 0 Å². The summed E-state index contributed by atoms with van der Waals surface area (Å²) >= 11 is 0. The van der Waals surface area contributed by atoms with E-state index in [0.29, 0.717) is 6.54 Å². The van der Waals surface area contributed by atoms with Crippen LogP contribution in [-0.2, 0) is 9.59 Å². The SMILES string of the molecule is CN1CC(N)(CC(N)=O)CC1=O. The highest BCUT2D eigenvalue weighted by molar-refractivity contribution is 5.83. The van der Waals surface area contributed by atoms with Crippen molar-refractivity contribution >= 4 is 11.8 Å². The first-order chi connectivity index (χ1) is 5.43. The lowest BCUT2D eigenvalue weighted by Crippen LogP contribution is -2.45. The number of hydrogen-bond acceptors (Lipinski definition) is 3. The van der Waals surface area contributed by atoms with Crippen molar-refractivity contribution in [2.75, 3.05) is 13.6 Å². The highest BCUT2D eigenvalue weighted by atomic mass is 16.2. The topological polar surface area (TPSA) is 89.4 Å². The van der Waals surface area contributed by atoms with Crippen molar-refractivity contribution in [3.05, 3.63) is 0 Å². The molecule has 1 atom stereocenters. The highest BCUT2D eigenvalue weighted by Gasteiger charge is 2.39. The molecule has 0 radical (unpaired) electrons. The van der Waals surface area contributed by atoms with Crippen molar-refractivity contribution in [3.8, 4) is 0 Å². The summed E-state index contributed by atoms with van der Waals surface area (Å²) in [5.74, 6) is -0.487. The van der Waals surface area contributed by atoms with E-state index in [4.69, 9.17) is 11.5 Å². The van der Waals surface area contributed by atoms with E-state index in [1.54, 1.807) is 7.05 Å². The summed E-state index contributed by atoms with van der Waals surface area (Å²) in [7, 11) is 1.66. The molecule has 2 amide bonds. The minimum Gasteiger partial charge on any atom is -0.370 e. The van der Waals surface area contributed by atoms with Gasteiger partial charge in [0, 0.05) is 26.4 Å². The van der Waals surface area contributed by atoms with E-state index in [1.165, 1.54) is 4.90 Å². The fourth-order valence-corrected chi connectivity index (χ4v) is 1.52. The Balaban J connectivity index is 2.63. The Morgan fingerprint density at radius 2 is 2.33 bits per heavy atom. The Kier molecular flexibility index (Phi) is 2.06. The lowest BCUT2D eigenvalue weighted by atomic mass is 9.95. The van der Waals surface area contributed by atoms with E-state index >= 15 is 0 Å². The average Bonchev–Trinajstić information content (AvgIpc) is 2.04. The molecule has 1 saturated heterocycles. The first-order valence-corrected chi connectivity index (χ1v) is 3.74. The van der Waals surface area contributed by atoms with Gasteiger partial charge in [-0.25, -0.2) is 0 Å². The molecule has 0 aromatic rings. The molecule has 1 unspecified atom stereocenters. The van der Waals surface area contributed by atoms with Gasteiger partial charge in [0.15, 0.2) is 0 Å². The monoisotopic (exact) mass is 171 g/mol. The normalized spacial score (nSPS) is 29.5. The molecule has 5 heteroatoms. The number of carbonyl (C=O) groups excluding carboxylic acids is 2. The minimum atomic E-state index is -0.738. The Labute approximate surface area is 70.7 Å². The van der Waals surface area contributed by atoms with Crippen LogP contribution in [-0.4, -0.2) is 35.8 Å². The van der Waals surface area contributed by atoms with Gasteiger partial charge in [0.25, 0.3) is 0 Å². The van der Waals surface area contributed by atoms with E-state index in [0.717, 1.165) is 0 Å². The van der Waals surface area contributed by atoms with Gasteiger partial charge < -0.3 is 16.4 Å². The van der Waals surface area contributed by atoms with Gasteiger partial charge in [-0.15, -0.1) is 0 Å². The Hall–Kier alpha value is -1.10. The van der Waals surface area contributed by atoms with Gasteiger partial charge in [0.05, 0.1) is 5.54 Å². The van der Waals surface area contributed by atoms with Crippen LogP contribution in [0.5, 0.6) is 0 Å². The van der Waals surface area contributed by atoms with Crippen molar-refractivity contribution in [1.29, 1.82) is 0 Å². The fourth-order valence-electron chi connectivity index (χ4n) is 1.52. The minimum absolute atomic E-state index is 0.0289. The molecule has 0 aromatic heterocycles. The third-order valence-electron chi connectivity index (χ3n) is 2.01. The van der Waals surface area contributed by atoms with Crippen molar-refractivity contribution in [2.45, 2.75) is 18.4 Å². The second-order valence-electron chi connectivity index (χ2n) is 3.43. The van der Waals surface area contributed by atoms with Gasteiger partial charge in [-0.3, -0.25) is 9.59 Å². The predicted octanol–water partition coefficient (Wildman–Crippen LogP) is -1.58. The molecule has 0 saturated carbocycles. The Morgan fingerprint density at radius 1 is 1.75 bits per heavy atom. The molecule has 1 aliphatic rings. The van der Waals surface area contributed by atoms with Crippen LogP contribution < -0.4 is 11.5 Å². The number of nitrogens with two attached hydrogens (primary N) is 2. The molecule has 5 nitrogen and oxygen atoms in total. The number of hydrogen-bond donors (Lipinski definition) is 2. The number of carbonyl (C=O) groups is 2. The van der Waals surface area contributed by atoms with Gasteiger partial charge >= 0.3 is 0 Å². The van der Waals surface area contributed by atoms with E-state index in [1.807, 2.05) is 0 Å². The van der Waals surface area contributed by atoms with Gasteiger partial charge in [-0.1, -0.05) is 0 Å². The van der Waals surface area contributed by atoms with Gasteiger partial charge in [-0.2, -0.15) is 0 Å². The van der Waals surface area contributed by atoms with Crippen LogP contribution in [0.3, 0.4) is 0 Å². The Bertz CT molecular complexity index is 225. The molecule has 4 N–H and O–H groups in total. The summed E-state index contributed by atoms with van der Waals surface area (Å²) in [6, 6.07) is 0. The van der Waals surface area contributed by atoms with Gasteiger partial charge in [-0.05, 0) is 0 Å². The molecule has 1 rings (SSSR count). The average molecular weight is 171 g/mol. The number of likely N-dealkylation sites (N-methyl/N-ethyl adjacent to an activating group) is 1. The zero-order chi connectivity index (χ0) is 9.35. The van der Waals surface area contributed by atoms with Gasteiger partial charge in [0.1, 0.15) is 0 Å². The zero-order valence-electron chi connectivity index (χ0n) is 7.04. The number of likely N-dealkylation sites (tertiary alicyclic amines) is 1. The molecular weight excluding hydrogens is 158 g/mol. The van der Waals surface area contributed by atoms with Crippen molar-refractivity contribution in [3.63, 3.8) is 0 Å². The summed E-state index contributed by atoms with van der Waals surface area (Å²) in [6.07, 6.45) is 0.287. The molecule has 1 aliphatic heterocycles. The van der Waals surface area contributed by atoms with E-state index < -0.39 is 11.4 Å². The van der Waals surface area contributed by atoms with Crippen LogP contribution in [0, 0.1) is 0 Å². The first-order valence-electron chi connectivity index (χ1n) is 3.74. The molecule has 0 spiro atoms. The molecule has 0 aromatic carbocycles. The summed E-state index contributed by atoms with van der Waals surface area (Å²) in [4.78, 5) is 23.2. The van der Waals surface area contributed by atoms with Crippen LogP contribution in [0.2, 0.25) is 0 Å². The number of primary amides is 1. The van der Waals surface area contributed by atoms with Crippen molar-refractivity contribution < 1.29 is 9.59 Å². The van der Waals surface area contributed by atoms with E-state index in [9.17, 15) is 9.59 Å². The molecular formula is C7H13N3O2. The summed E-state index contributed by atoms with van der Waals surface area (Å²) in [5, 5.41) is 0. The lowest BCUT2D eigenvalue weighted by Gasteiger charge is -2.20. The maximum Gasteiger partial charge on any atom is 0.224 e. The third-order valence-corrected chi connectivity index (χ3v) is 2.01. The molecule has 0 aliphatic carbocycles. The number of nitrogens with zero attached hydrogens (tertiary/aromatic N) is 1. The van der Waals surface area contributed by atoms with Crippen LogP contribution in [0.25, 0.3) is 0 Å². The highest BCUT2D eigenvalue weighted by Crippen LogP contribution is 2.21. The number of rotatable bonds is 2. The molecule has 12 heavy (non-hydrogen) atoms. The zero-order valence-corrected chi connectivity index (χ0v) is 7.04. The molecule has 0 bridgehead atoms. The van der Waals surface area contributed by atoms with E-state index in [2.05, 4.69) is 0 Å². The third kappa shape index (κ3) is 1.73. The van der Waals surface area contributed by atoms with Crippen molar-refractivity contribution in [2.24, 2.45) is 11.5 Å². The quantitative estimate of drug-likeness (QED) is 0.525. The second-order valence-corrected chi connectivity index (χ2v) is 3.43. The Morgan fingerprint density at radius 3 is 2.67 bits per heavy atom. The second kappa shape index (κ2) is 2.75. The standard InChI is InChI=1S/C7H13N3O2/c1-10-4-7(9,2-5(8)11)3-6(10)12/h2-4,9H2,1H3,(H2,8,11). The van der Waals surface area contributed by atoms with Crippen LogP contribution in [0.4, 0.5) is 0 Å². The van der Waals surface area contributed by atoms with Crippen LogP contribution in [0.1, 0.15) is 12.8 Å². The fraction of sp³-hybridized carbons (Fsp3) is 0.714. The maximum atomic E-state index is 11.1. The molecule has 68 valence electrons. The van der Waals surface area contributed by atoms with E-state index in [-0.39, 0.29) is 18.7 Å². The van der Waals surface area contributed by atoms with Gasteiger partial charge in [0.2, 0.25) is 11.8 Å². The largest absolute Gasteiger partial charge is 0.370 e. The first kappa shape index (κ1) is 8.99.